The maximum atomic E-state index is 13.2. The van der Waals surface area contributed by atoms with Gasteiger partial charge < -0.3 is 10.2 Å². The maximum Gasteiger partial charge on any atom is 0.281 e. The number of amides is 1. The minimum atomic E-state index is -4.25. The highest BCUT2D eigenvalue weighted by Crippen LogP contribution is 2.38. The summed E-state index contributed by atoms with van der Waals surface area (Å²) in [7, 11) is -4.25. The molecule has 5 rings (SSSR count). The van der Waals surface area contributed by atoms with Gasteiger partial charge >= 0.3 is 0 Å². The quantitative estimate of drug-likeness (QED) is 0.384. The van der Waals surface area contributed by atoms with Crippen molar-refractivity contribution in [3.8, 4) is 0 Å². The van der Waals surface area contributed by atoms with Crippen LogP contribution in [0.4, 0.5) is 17.3 Å². The molecule has 1 aromatic carbocycles. The molecule has 2 N–H and O–H groups in total. The minimum absolute atomic E-state index is 0.201. The first-order valence-electron chi connectivity index (χ1n) is 12.0. The highest BCUT2D eigenvalue weighted by Gasteiger charge is 2.40. The summed E-state index contributed by atoms with van der Waals surface area (Å²) in [5, 5.41) is 4.76. The Bertz CT molecular complexity index is 1580. The molecule has 4 heterocycles. The molecule has 1 fully saturated rings. The van der Waals surface area contributed by atoms with Crippen LogP contribution in [-0.4, -0.2) is 41.4 Å². The summed E-state index contributed by atoms with van der Waals surface area (Å²) in [6, 6.07) is 15.4. The van der Waals surface area contributed by atoms with E-state index in [-0.39, 0.29) is 16.1 Å². The van der Waals surface area contributed by atoms with Gasteiger partial charge in [-0.15, -0.1) is 0 Å². The van der Waals surface area contributed by atoms with Crippen LogP contribution in [0.15, 0.2) is 78.2 Å². The molecule has 1 amide bonds. The van der Waals surface area contributed by atoms with Gasteiger partial charge in [-0.1, -0.05) is 25.1 Å². The van der Waals surface area contributed by atoms with E-state index in [1.54, 1.807) is 42.9 Å². The molecule has 9 nitrogen and oxygen atoms in total. The Morgan fingerprint density at radius 2 is 1.86 bits per heavy atom. The zero-order valence-electron chi connectivity index (χ0n) is 20.8. The maximum absolute atomic E-state index is 13.2. The van der Waals surface area contributed by atoms with Crippen molar-refractivity contribution in [2.24, 2.45) is 5.92 Å². The first-order chi connectivity index (χ1) is 17.7. The molecule has 0 spiro atoms. The van der Waals surface area contributed by atoms with Gasteiger partial charge in [-0.25, -0.2) is 14.7 Å². The van der Waals surface area contributed by atoms with Gasteiger partial charge in [0.1, 0.15) is 11.6 Å². The smallest absolute Gasteiger partial charge is 0.281 e. The zero-order valence-corrected chi connectivity index (χ0v) is 21.7. The second-order valence-corrected chi connectivity index (χ2v) is 11.3. The number of hydrogen-bond acceptors (Lipinski definition) is 8. The number of hydrogen-bond donors (Lipinski definition) is 2. The Hall–Kier alpha value is -4.05. The van der Waals surface area contributed by atoms with E-state index in [1.165, 1.54) is 6.07 Å². The van der Waals surface area contributed by atoms with Crippen LogP contribution in [0.5, 0.6) is 0 Å². The summed E-state index contributed by atoms with van der Waals surface area (Å²) in [4.78, 5) is 28.1. The first-order valence-corrected chi connectivity index (χ1v) is 13.5. The number of carbonyl (C=O) groups excluding carboxylic acids is 1. The lowest BCUT2D eigenvalue weighted by Crippen LogP contribution is -2.43. The summed E-state index contributed by atoms with van der Waals surface area (Å²) in [5.74, 6) is 0.444. The molecule has 190 valence electrons. The number of benzene rings is 1. The summed E-state index contributed by atoms with van der Waals surface area (Å²) in [6.45, 7) is 7.10. The van der Waals surface area contributed by atoms with Crippen molar-refractivity contribution in [2.45, 2.75) is 37.8 Å². The molecule has 1 aliphatic heterocycles. The van der Waals surface area contributed by atoms with Crippen molar-refractivity contribution in [3.05, 3.63) is 78.8 Å². The molecule has 0 bridgehead atoms. The topological polar surface area (TPSA) is 117 Å². The second kappa shape index (κ2) is 9.44. The molecule has 0 aliphatic carbocycles. The van der Waals surface area contributed by atoms with E-state index < -0.39 is 15.9 Å². The Balaban J connectivity index is 1.40. The number of carbonyl (C=O) groups is 1. The van der Waals surface area contributed by atoms with Crippen LogP contribution in [-0.2, 0) is 10.0 Å². The number of fused-ring (bicyclic) bond motifs is 1. The van der Waals surface area contributed by atoms with Gasteiger partial charge in [0, 0.05) is 47.1 Å². The number of nitrogens with zero attached hydrogens (tertiary/aromatic N) is 4. The minimum Gasteiger partial charge on any atom is -0.351 e. The van der Waals surface area contributed by atoms with Gasteiger partial charge in [-0.2, -0.15) is 8.42 Å². The molecule has 37 heavy (non-hydrogen) atoms. The van der Waals surface area contributed by atoms with E-state index in [4.69, 9.17) is 0 Å². The SMILES string of the molecule is CC1CCN(c2ncccc2C(=O)NS(=O)(=O)c2cccc(Nc3cccc4cnccc34)n2)C1(C)C. The molecule has 3 aromatic heterocycles. The molecular formula is C27H28N6O3S. The third kappa shape index (κ3) is 4.72. The average molecular weight is 517 g/mol. The average Bonchev–Trinajstić information content (AvgIpc) is 3.16. The monoisotopic (exact) mass is 516 g/mol. The number of pyridine rings is 3. The second-order valence-electron chi connectivity index (χ2n) is 9.69. The Morgan fingerprint density at radius 1 is 1.05 bits per heavy atom. The van der Waals surface area contributed by atoms with Crippen molar-refractivity contribution < 1.29 is 13.2 Å². The summed E-state index contributed by atoms with van der Waals surface area (Å²) in [5.41, 5.74) is 0.738. The van der Waals surface area contributed by atoms with Crippen LogP contribution in [0.1, 0.15) is 37.6 Å². The summed E-state index contributed by atoms with van der Waals surface area (Å²) >= 11 is 0. The van der Waals surface area contributed by atoms with E-state index in [9.17, 15) is 13.2 Å². The van der Waals surface area contributed by atoms with Crippen LogP contribution < -0.4 is 14.9 Å². The van der Waals surface area contributed by atoms with Crippen LogP contribution in [0.3, 0.4) is 0 Å². The number of aromatic nitrogens is 3. The third-order valence-corrected chi connectivity index (χ3v) is 8.38. The van der Waals surface area contributed by atoms with Gasteiger partial charge in [0.25, 0.3) is 15.9 Å². The number of sulfonamides is 1. The van der Waals surface area contributed by atoms with Gasteiger partial charge in [-0.05, 0) is 62.6 Å². The normalized spacial score (nSPS) is 17.1. The highest BCUT2D eigenvalue weighted by molar-refractivity contribution is 7.90. The van der Waals surface area contributed by atoms with Crippen molar-refractivity contribution in [1.82, 2.24) is 19.7 Å². The van der Waals surface area contributed by atoms with Crippen LogP contribution >= 0.6 is 0 Å². The van der Waals surface area contributed by atoms with E-state index in [0.717, 1.165) is 29.4 Å². The number of anilines is 3. The standard InChI is InChI=1S/C27H28N6O3S/c1-18-13-16-33(27(18,2)3)25-21(8-6-14-29-25)26(34)32-37(35,36)24-11-5-10-23(31-24)30-22-9-4-7-19-17-28-15-12-20(19)22/h4-12,14-15,17-18H,13,16H2,1-3H3,(H,30,31)(H,32,34). The molecular weight excluding hydrogens is 488 g/mol. The van der Waals surface area contributed by atoms with Gasteiger partial charge in [0.2, 0.25) is 0 Å². The predicted octanol–water partition coefficient (Wildman–Crippen LogP) is 4.51. The number of nitrogens with one attached hydrogen (secondary N) is 2. The van der Waals surface area contributed by atoms with E-state index >= 15 is 0 Å². The molecule has 1 aliphatic rings. The molecule has 1 unspecified atom stereocenters. The lowest BCUT2D eigenvalue weighted by atomic mass is 9.90. The largest absolute Gasteiger partial charge is 0.351 e. The Morgan fingerprint density at radius 3 is 2.65 bits per heavy atom. The predicted molar refractivity (Wildman–Crippen MR) is 143 cm³/mol. The highest BCUT2D eigenvalue weighted by atomic mass is 32.2. The fraction of sp³-hybridized carbons (Fsp3) is 0.259. The molecule has 0 saturated carbocycles. The Kier molecular flexibility index (Phi) is 6.28. The summed E-state index contributed by atoms with van der Waals surface area (Å²) < 4.78 is 28.5. The van der Waals surface area contributed by atoms with Crippen molar-refractivity contribution >= 4 is 44.0 Å². The van der Waals surface area contributed by atoms with E-state index in [0.29, 0.717) is 17.6 Å². The fourth-order valence-electron chi connectivity index (χ4n) is 4.63. The molecule has 1 atom stereocenters. The molecule has 0 radical (unpaired) electrons. The van der Waals surface area contributed by atoms with Crippen molar-refractivity contribution in [1.29, 1.82) is 0 Å². The molecule has 1 saturated heterocycles. The number of rotatable bonds is 6. The Labute approximate surface area is 216 Å². The van der Waals surface area contributed by atoms with Crippen molar-refractivity contribution in [2.75, 3.05) is 16.8 Å². The van der Waals surface area contributed by atoms with E-state index in [1.807, 2.05) is 24.3 Å². The lowest BCUT2D eigenvalue weighted by Gasteiger charge is -2.36. The first kappa shape index (κ1) is 24.6. The lowest BCUT2D eigenvalue weighted by molar-refractivity contribution is 0.0981. The third-order valence-electron chi connectivity index (χ3n) is 7.14. The van der Waals surface area contributed by atoms with Gasteiger partial charge in [0.15, 0.2) is 5.03 Å². The van der Waals surface area contributed by atoms with Gasteiger partial charge in [0.05, 0.1) is 5.56 Å². The van der Waals surface area contributed by atoms with E-state index in [2.05, 4.69) is 50.7 Å². The van der Waals surface area contributed by atoms with Gasteiger partial charge in [-0.3, -0.25) is 9.78 Å². The summed E-state index contributed by atoms with van der Waals surface area (Å²) in [6.07, 6.45) is 6.01. The molecule has 4 aromatic rings. The van der Waals surface area contributed by atoms with Crippen molar-refractivity contribution in [3.63, 3.8) is 0 Å². The van der Waals surface area contributed by atoms with Crippen LogP contribution in [0.25, 0.3) is 10.8 Å². The fourth-order valence-corrected chi connectivity index (χ4v) is 5.57. The zero-order chi connectivity index (χ0) is 26.2. The molecule has 10 heteroatoms. The van der Waals surface area contributed by atoms with Crippen LogP contribution in [0.2, 0.25) is 0 Å². The van der Waals surface area contributed by atoms with Crippen LogP contribution in [0, 0.1) is 5.92 Å².